The van der Waals surface area contributed by atoms with E-state index in [1.54, 1.807) is 12.1 Å². The van der Waals surface area contributed by atoms with Crippen molar-refractivity contribution in [3.05, 3.63) is 69.5 Å². The van der Waals surface area contributed by atoms with Crippen molar-refractivity contribution in [2.24, 2.45) is 0 Å². The number of ether oxygens (including phenoxy) is 1. The lowest BCUT2D eigenvalue weighted by atomic mass is 10.0. The lowest BCUT2D eigenvalue weighted by Crippen LogP contribution is -2.01. The summed E-state index contributed by atoms with van der Waals surface area (Å²) in [5, 5.41) is 8.36. The number of aryl methyl sites for hydroxylation is 1. The summed E-state index contributed by atoms with van der Waals surface area (Å²) in [5.74, 6) is 1.81. The van der Waals surface area contributed by atoms with E-state index in [0.717, 1.165) is 21.3 Å². The average Bonchev–Trinajstić information content (AvgIpc) is 3.12. The molecule has 146 valence electrons. The number of hydrogen-bond donors (Lipinski definition) is 0. The van der Waals surface area contributed by atoms with Crippen molar-refractivity contribution < 1.29 is 13.9 Å². The van der Waals surface area contributed by atoms with E-state index in [2.05, 4.69) is 52.1 Å². The second kappa shape index (κ2) is 9.39. The zero-order chi connectivity index (χ0) is 20.1. The van der Waals surface area contributed by atoms with E-state index in [1.165, 1.54) is 11.8 Å². The van der Waals surface area contributed by atoms with E-state index in [9.17, 15) is 4.79 Å². The van der Waals surface area contributed by atoms with Gasteiger partial charge in [-0.3, -0.25) is 4.79 Å². The number of halogens is 1. The maximum absolute atomic E-state index is 12.2. The van der Waals surface area contributed by atoms with Crippen LogP contribution in [0.2, 0.25) is 0 Å². The summed E-state index contributed by atoms with van der Waals surface area (Å²) in [6, 6.07) is 13.4. The van der Waals surface area contributed by atoms with Crippen molar-refractivity contribution in [1.29, 1.82) is 0 Å². The van der Waals surface area contributed by atoms with Gasteiger partial charge in [0, 0.05) is 10.0 Å². The minimum absolute atomic E-state index is 0.00911. The fraction of sp³-hybridized carbons (Fsp3) is 0.286. The van der Waals surface area contributed by atoms with Gasteiger partial charge in [-0.2, -0.15) is 0 Å². The molecule has 0 radical (unpaired) electrons. The predicted octanol–water partition coefficient (Wildman–Crippen LogP) is 5.82. The standard InChI is InChI=1S/C21H21BrN2O3S/c1-13(2)17-9-4-14(3)10-19(17)26-11-20-23-24-21(27-20)28-12-18(25)15-5-7-16(22)8-6-15/h4-10,13H,11-12H2,1-3H3. The number of Topliss-reactive ketones (excluding diaryl/α,β-unsaturated/α-hetero) is 1. The Balaban J connectivity index is 1.57. The predicted molar refractivity (Wildman–Crippen MR) is 113 cm³/mol. The fourth-order valence-electron chi connectivity index (χ4n) is 2.58. The first-order valence-electron chi connectivity index (χ1n) is 8.89. The number of carbonyl (C=O) groups excluding carboxylic acids is 1. The van der Waals surface area contributed by atoms with E-state index in [0.29, 0.717) is 22.6 Å². The largest absolute Gasteiger partial charge is 0.484 e. The highest BCUT2D eigenvalue weighted by molar-refractivity contribution is 9.10. The number of hydrogen-bond acceptors (Lipinski definition) is 6. The number of aromatic nitrogens is 2. The molecule has 1 heterocycles. The van der Waals surface area contributed by atoms with Crippen LogP contribution >= 0.6 is 27.7 Å². The molecule has 3 aromatic rings. The van der Waals surface area contributed by atoms with Crippen LogP contribution in [0.3, 0.4) is 0 Å². The van der Waals surface area contributed by atoms with Gasteiger partial charge in [-0.15, -0.1) is 10.2 Å². The van der Waals surface area contributed by atoms with Crippen molar-refractivity contribution in [2.75, 3.05) is 5.75 Å². The Labute approximate surface area is 177 Å². The van der Waals surface area contributed by atoms with Crippen LogP contribution in [0.4, 0.5) is 0 Å². The van der Waals surface area contributed by atoms with Gasteiger partial charge in [-0.25, -0.2) is 0 Å². The zero-order valence-corrected chi connectivity index (χ0v) is 18.3. The summed E-state index contributed by atoms with van der Waals surface area (Å²) in [5.41, 5.74) is 2.92. The van der Waals surface area contributed by atoms with E-state index in [1.807, 2.05) is 25.1 Å². The van der Waals surface area contributed by atoms with Gasteiger partial charge in [0.05, 0.1) is 5.75 Å². The molecular weight excluding hydrogens is 440 g/mol. The third-order valence-corrected chi connectivity index (χ3v) is 5.43. The third kappa shape index (κ3) is 5.45. The lowest BCUT2D eigenvalue weighted by molar-refractivity contribution is 0.102. The second-order valence-electron chi connectivity index (χ2n) is 6.67. The first kappa shape index (κ1) is 20.6. The quantitative estimate of drug-likeness (QED) is 0.311. The van der Waals surface area contributed by atoms with Crippen molar-refractivity contribution in [3.8, 4) is 5.75 Å². The molecule has 2 aromatic carbocycles. The molecule has 7 heteroatoms. The number of nitrogens with zero attached hydrogens (tertiary/aromatic N) is 2. The van der Waals surface area contributed by atoms with Crippen LogP contribution in [0.15, 0.2) is 56.6 Å². The first-order chi connectivity index (χ1) is 13.4. The summed E-state index contributed by atoms with van der Waals surface area (Å²) in [7, 11) is 0. The Bertz CT molecular complexity index is 955. The van der Waals surface area contributed by atoms with Gasteiger partial charge in [-0.1, -0.05) is 65.8 Å². The van der Waals surface area contributed by atoms with Crippen LogP contribution in [-0.2, 0) is 6.61 Å². The molecule has 5 nitrogen and oxygen atoms in total. The van der Waals surface area contributed by atoms with Crippen LogP contribution in [0.5, 0.6) is 5.75 Å². The molecule has 0 aliphatic carbocycles. The van der Waals surface area contributed by atoms with Crippen LogP contribution in [-0.4, -0.2) is 21.7 Å². The minimum Gasteiger partial charge on any atom is -0.484 e. The number of carbonyl (C=O) groups is 1. The lowest BCUT2D eigenvalue weighted by Gasteiger charge is -2.13. The Morgan fingerprint density at radius 2 is 1.93 bits per heavy atom. The molecule has 0 unspecified atom stereocenters. The monoisotopic (exact) mass is 460 g/mol. The van der Waals surface area contributed by atoms with E-state index in [4.69, 9.17) is 9.15 Å². The molecule has 0 fully saturated rings. The molecule has 0 bridgehead atoms. The molecule has 0 aliphatic heterocycles. The number of rotatable bonds is 8. The van der Waals surface area contributed by atoms with Crippen molar-refractivity contribution >= 4 is 33.5 Å². The molecule has 0 atom stereocenters. The maximum atomic E-state index is 12.2. The van der Waals surface area contributed by atoms with Gasteiger partial charge >= 0.3 is 0 Å². The maximum Gasteiger partial charge on any atom is 0.277 e. The average molecular weight is 461 g/mol. The van der Waals surface area contributed by atoms with E-state index >= 15 is 0 Å². The molecule has 1 aromatic heterocycles. The highest BCUT2D eigenvalue weighted by Gasteiger charge is 2.13. The molecule has 0 aliphatic rings. The van der Waals surface area contributed by atoms with Crippen LogP contribution in [0.25, 0.3) is 0 Å². The Hall–Kier alpha value is -2.12. The fourth-order valence-corrected chi connectivity index (χ4v) is 3.52. The van der Waals surface area contributed by atoms with Gasteiger partial charge in [0.1, 0.15) is 5.75 Å². The topological polar surface area (TPSA) is 65.2 Å². The molecule has 0 N–H and O–H groups in total. The van der Waals surface area contributed by atoms with Gasteiger partial charge in [0.15, 0.2) is 12.4 Å². The number of thioether (sulfide) groups is 1. The van der Waals surface area contributed by atoms with Crippen molar-refractivity contribution in [2.45, 2.75) is 38.5 Å². The Morgan fingerprint density at radius 1 is 1.18 bits per heavy atom. The zero-order valence-electron chi connectivity index (χ0n) is 15.9. The molecular formula is C21H21BrN2O3S. The highest BCUT2D eigenvalue weighted by Crippen LogP contribution is 2.28. The van der Waals surface area contributed by atoms with Gasteiger partial charge in [0.25, 0.3) is 11.1 Å². The molecule has 0 saturated carbocycles. The van der Waals surface area contributed by atoms with Crippen LogP contribution < -0.4 is 4.74 Å². The van der Waals surface area contributed by atoms with Crippen molar-refractivity contribution in [1.82, 2.24) is 10.2 Å². The molecule has 28 heavy (non-hydrogen) atoms. The summed E-state index contributed by atoms with van der Waals surface area (Å²) in [6.07, 6.45) is 0. The second-order valence-corrected chi connectivity index (χ2v) is 8.51. The molecule has 3 rings (SSSR count). The van der Waals surface area contributed by atoms with Crippen molar-refractivity contribution in [3.63, 3.8) is 0 Å². The summed E-state index contributed by atoms with van der Waals surface area (Å²) in [6.45, 7) is 6.47. The smallest absolute Gasteiger partial charge is 0.277 e. The van der Waals surface area contributed by atoms with Crippen LogP contribution in [0, 0.1) is 6.92 Å². The summed E-state index contributed by atoms with van der Waals surface area (Å²) < 4.78 is 12.4. The molecule has 0 spiro atoms. The molecule has 0 amide bonds. The van der Waals surface area contributed by atoms with Crippen LogP contribution in [0.1, 0.15) is 47.1 Å². The van der Waals surface area contributed by atoms with E-state index < -0.39 is 0 Å². The summed E-state index contributed by atoms with van der Waals surface area (Å²) >= 11 is 4.58. The minimum atomic E-state index is 0.00911. The summed E-state index contributed by atoms with van der Waals surface area (Å²) in [4.78, 5) is 12.2. The Kier molecular flexibility index (Phi) is 6.91. The number of benzene rings is 2. The van der Waals surface area contributed by atoms with Gasteiger partial charge in [0.2, 0.25) is 0 Å². The first-order valence-corrected chi connectivity index (χ1v) is 10.7. The normalized spacial score (nSPS) is 11.0. The third-order valence-electron chi connectivity index (χ3n) is 4.08. The number of ketones is 1. The van der Waals surface area contributed by atoms with Gasteiger partial charge < -0.3 is 9.15 Å². The van der Waals surface area contributed by atoms with E-state index in [-0.39, 0.29) is 18.1 Å². The molecule has 0 saturated heterocycles. The SMILES string of the molecule is Cc1ccc(C(C)C)c(OCc2nnc(SCC(=O)c3ccc(Br)cc3)o2)c1. The highest BCUT2D eigenvalue weighted by atomic mass is 79.9. The van der Waals surface area contributed by atoms with Gasteiger partial charge in [-0.05, 0) is 42.2 Å². The Morgan fingerprint density at radius 3 is 2.64 bits per heavy atom.